The number of ether oxygens (including phenoxy) is 1. The number of esters is 1. The first-order valence-electron chi connectivity index (χ1n) is 9.32. The summed E-state index contributed by atoms with van der Waals surface area (Å²) in [5.74, 6) is -0.713. The van der Waals surface area contributed by atoms with Gasteiger partial charge in [0.05, 0.1) is 43.8 Å². The van der Waals surface area contributed by atoms with Crippen molar-refractivity contribution in [1.29, 1.82) is 0 Å². The molecule has 12 heteroatoms. The third kappa shape index (κ3) is 5.47. The lowest BCUT2D eigenvalue weighted by Gasteiger charge is -2.24. The molecular weight excluding hydrogens is 497 g/mol. The lowest BCUT2D eigenvalue weighted by Crippen LogP contribution is -2.30. The Hall–Kier alpha value is -2.46. The number of methoxy groups -OCH3 is 1. The number of hydrogen-bond acceptors (Lipinski definition) is 8. The van der Waals surface area contributed by atoms with E-state index in [0.717, 1.165) is 0 Å². The van der Waals surface area contributed by atoms with Crippen LogP contribution in [-0.4, -0.2) is 37.1 Å². The van der Waals surface area contributed by atoms with E-state index in [1.807, 2.05) is 6.92 Å². The maximum Gasteiger partial charge on any atom is 0.325 e. The van der Waals surface area contributed by atoms with E-state index in [2.05, 4.69) is 20.5 Å². The fourth-order valence-corrected chi connectivity index (χ4v) is 4.41. The normalized spacial score (nSPS) is 11.2. The summed E-state index contributed by atoms with van der Waals surface area (Å²) >= 11 is 20.0. The largest absolute Gasteiger partial charge is 0.468 e. The highest BCUT2D eigenvalue weighted by Crippen LogP contribution is 2.40. The molecule has 0 atom stereocenters. The summed E-state index contributed by atoms with van der Waals surface area (Å²) in [6.07, 6.45) is 0. The number of aromatic nitrogens is 1. The molecule has 0 bridgehead atoms. The second-order valence-electron chi connectivity index (χ2n) is 6.50. The van der Waals surface area contributed by atoms with Gasteiger partial charge in [-0.05, 0) is 31.2 Å². The van der Waals surface area contributed by atoms with Crippen LogP contribution in [0.4, 0.5) is 22.2 Å². The van der Waals surface area contributed by atoms with E-state index in [9.17, 15) is 9.59 Å². The van der Waals surface area contributed by atoms with Crippen LogP contribution in [0.2, 0.25) is 15.1 Å². The number of amides is 1. The summed E-state index contributed by atoms with van der Waals surface area (Å²) < 4.78 is 5.44. The molecule has 0 radical (unpaired) electrons. The van der Waals surface area contributed by atoms with E-state index in [4.69, 9.17) is 39.5 Å². The van der Waals surface area contributed by atoms with Crippen molar-refractivity contribution in [3.63, 3.8) is 0 Å². The van der Waals surface area contributed by atoms with Gasteiger partial charge in [-0.15, -0.1) is 10.2 Å². The van der Waals surface area contributed by atoms with Crippen LogP contribution in [0.15, 0.2) is 34.5 Å². The van der Waals surface area contributed by atoms with Crippen LogP contribution in [0.3, 0.4) is 0 Å². The molecule has 0 unspecified atom stereocenters. The Morgan fingerprint density at radius 3 is 2.59 bits per heavy atom. The lowest BCUT2D eigenvalue weighted by atomic mass is 10.2. The van der Waals surface area contributed by atoms with Crippen LogP contribution < -0.4 is 10.2 Å². The van der Waals surface area contributed by atoms with Gasteiger partial charge in [0.1, 0.15) is 12.2 Å². The van der Waals surface area contributed by atoms with Crippen LogP contribution in [-0.2, 0) is 14.3 Å². The zero-order valence-corrected chi connectivity index (χ0v) is 20.4. The molecule has 0 spiro atoms. The number of carbonyl (C=O) groups is 2. The molecule has 0 saturated heterocycles. The molecule has 0 saturated carbocycles. The zero-order chi connectivity index (χ0) is 23.4. The summed E-state index contributed by atoms with van der Waals surface area (Å²) in [4.78, 5) is 29.6. The first-order chi connectivity index (χ1) is 15.2. The molecule has 8 nitrogen and oxygen atoms in total. The van der Waals surface area contributed by atoms with E-state index < -0.39 is 5.97 Å². The van der Waals surface area contributed by atoms with Gasteiger partial charge in [0.2, 0.25) is 11.0 Å². The Labute approximate surface area is 203 Å². The van der Waals surface area contributed by atoms with Crippen molar-refractivity contribution in [2.24, 2.45) is 10.2 Å². The van der Waals surface area contributed by atoms with Crippen molar-refractivity contribution >= 4 is 90.4 Å². The summed E-state index contributed by atoms with van der Waals surface area (Å²) in [6.45, 7) is 3.74. The fourth-order valence-electron chi connectivity index (χ4n) is 2.82. The molecule has 0 aliphatic heterocycles. The van der Waals surface area contributed by atoms with Gasteiger partial charge in [-0.1, -0.05) is 46.1 Å². The number of nitrogens with one attached hydrogen (secondary N) is 1. The van der Waals surface area contributed by atoms with Crippen LogP contribution in [0.5, 0.6) is 0 Å². The predicted molar refractivity (Wildman–Crippen MR) is 129 cm³/mol. The minimum atomic E-state index is -0.414. The first kappa shape index (κ1) is 24.2. The van der Waals surface area contributed by atoms with Crippen LogP contribution in [0, 0.1) is 0 Å². The number of azo groups is 1. The molecule has 1 amide bonds. The topological polar surface area (TPSA) is 96.2 Å². The monoisotopic (exact) mass is 513 g/mol. The van der Waals surface area contributed by atoms with Crippen molar-refractivity contribution in [3.05, 3.63) is 39.3 Å². The minimum absolute atomic E-state index is 0.00210. The smallest absolute Gasteiger partial charge is 0.325 e. The third-order valence-corrected chi connectivity index (χ3v) is 6.52. The Balaban J connectivity index is 2.00. The van der Waals surface area contributed by atoms with E-state index in [-0.39, 0.29) is 12.5 Å². The second kappa shape index (κ2) is 10.4. The molecule has 1 N–H and O–H groups in total. The van der Waals surface area contributed by atoms with Gasteiger partial charge < -0.3 is 15.0 Å². The fraction of sp³-hybridized carbons (Fsp3) is 0.250. The number of nitrogens with zero attached hydrogens (tertiary/aromatic N) is 4. The van der Waals surface area contributed by atoms with Gasteiger partial charge in [-0.3, -0.25) is 9.59 Å². The number of rotatable bonds is 7. The number of fused-ring (bicyclic) bond motifs is 1. The number of likely N-dealkylation sites (N-methyl/N-ethyl adjacent to an activating group) is 1. The highest BCUT2D eigenvalue weighted by molar-refractivity contribution is 7.22. The third-order valence-electron chi connectivity index (χ3n) is 4.33. The quantitative estimate of drug-likeness (QED) is 0.282. The van der Waals surface area contributed by atoms with Gasteiger partial charge in [0, 0.05) is 13.5 Å². The molecule has 0 aliphatic rings. The Morgan fingerprint density at radius 1 is 1.19 bits per heavy atom. The zero-order valence-electron chi connectivity index (χ0n) is 17.3. The highest BCUT2D eigenvalue weighted by atomic mass is 35.5. The summed E-state index contributed by atoms with van der Waals surface area (Å²) in [5.41, 5.74) is 1.90. The average Bonchev–Trinajstić information content (AvgIpc) is 3.18. The van der Waals surface area contributed by atoms with Gasteiger partial charge in [0.25, 0.3) is 0 Å². The summed E-state index contributed by atoms with van der Waals surface area (Å²) in [5, 5.41) is 12.6. The molecule has 1 heterocycles. The van der Waals surface area contributed by atoms with E-state index in [1.54, 1.807) is 29.2 Å². The van der Waals surface area contributed by atoms with Crippen LogP contribution >= 0.6 is 46.1 Å². The molecule has 3 rings (SSSR count). The van der Waals surface area contributed by atoms with E-state index >= 15 is 0 Å². The molecule has 1 aromatic heterocycles. The molecule has 2 aromatic carbocycles. The van der Waals surface area contributed by atoms with Gasteiger partial charge >= 0.3 is 5.97 Å². The van der Waals surface area contributed by atoms with Crippen molar-refractivity contribution in [1.82, 2.24) is 4.98 Å². The van der Waals surface area contributed by atoms with Gasteiger partial charge in [-0.2, -0.15) is 0 Å². The maximum atomic E-state index is 11.7. The molecular formula is C20H18Cl3N5O3S. The number of benzene rings is 2. The van der Waals surface area contributed by atoms with Crippen LogP contribution in [0.25, 0.3) is 10.2 Å². The number of thiazole rings is 1. The number of hydrogen-bond donors (Lipinski definition) is 1. The lowest BCUT2D eigenvalue weighted by molar-refractivity contribution is -0.139. The number of anilines is 2. The van der Waals surface area contributed by atoms with E-state index in [0.29, 0.717) is 54.0 Å². The Kier molecular flexibility index (Phi) is 7.89. The summed E-state index contributed by atoms with van der Waals surface area (Å²) in [7, 11) is 1.31. The number of halogens is 3. The highest BCUT2D eigenvalue weighted by Gasteiger charge is 2.17. The number of carbonyl (C=O) groups excluding carboxylic acids is 2. The van der Waals surface area contributed by atoms with E-state index in [1.165, 1.54) is 25.4 Å². The maximum absolute atomic E-state index is 11.7. The molecule has 0 fully saturated rings. The SMILES string of the molecule is CCN(CC(=O)OC)c1cc(NC(C)=O)c(N=Nc2nc3ccc(Cl)c(Cl)c3s2)cc1Cl. The molecule has 3 aromatic rings. The average molecular weight is 515 g/mol. The molecule has 0 aliphatic carbocycles. The molecule has 168 valence electrons. The standard InChI is InChI=1S/C20H18Cl3N5O3S/c1-4-28(9-17(30)31-3)16-8-14(24-10(2)29)15(7-12(16)22)26-27-20-25-13-6-5-11(21)18(23)19(13)32-20/h5-8H,4,9H2,1-3H3,(H,24,29). The Bertz CT molecular complexity index is 1210. The Morgan fingerprint density at radius 2 is 1.94 bits per heavy atom. The second-order valence-corrected chi connectivity index (χ2v) is 8.67. The predicted octanol–water partition coefficient (Wildman–Crippen LogP) is 6.63. The van der Waals surface area contributed by atoms with Gasteiger partial charge in [-0.25, -0.2) is 4.98 Å². The van der Waals surface area contributed by atoms with Gasteiger partial charge in [0.15, 0.2) is 0 Å². The van der Waals surface area contributed by atoms with Crippen molar-refractivity contribution in [3.8, 4) is 0 Å². The van der Waals surface area contributed by atoms with Crippen molar-refractivity contribution in [2.45, 2.75) is 13.8 Å². The minimum Gasteiger partial charge on any atom is -0.468 e. The molecule has 32 heavy (non-hydrogen) atoms. The van der Waals surface area contributed by atoms with Crippen LogP contribution in [0.1, 0.15) is 13.8 Å². The summed E-state index contributed by atoms with van der Waals surface area (Å²) in [6, 6.07) is 6.60. The first-order valence-corrected chi connectivity index (χ1v) is 11.3. The van der Waals surface area contributed by atoms with Crippen molar-refractivity contribution in [2.75, 3.05) is 30.4 Å². The van der Waals surface area contributed by atoms with Crippen molar-refractivity contribution < 1.29 is 14.3 Å².